The van der Waals surface area contributed by atoms with E-state index in [-0.39, 0.29) is 11.0 Å². The SMILES string of the molecule is O=Cc1c(OCCC2C3CC4CC(C3)CC2C4)cccc1B(O)O. The summed E-state index contributed by atoms with van der Waals surface area (Å²) in [4.78, 5) is 11.3. The molecule has 1 aromatic rings. The molecule has 4 aliphatic rings. The van der Waals surface area contributed by atoms with Crippen LogP contribution in [0.15, 0.2) is 18.2 Å². The molecule has 4 bridgehead atoms. The van der Waals surface area contributed by atoms with Crippen molar-refractivity contribution in [3.05, 3.63) is 23.8 Å². The highest BCUT2D eigenvalue weighted by Crippen LogP contribution is 2.57. The molecule has 4 saturated carbocycles. The first-order valence-corrected chi connectivity index (χ1v) is 9.22. The van der Waals surface area contributed by atoms with Gasteiger partial charge in [-0.05, 0) is 79.6 Å². The van der Waals surface area contributed by atoms with Gasteiger partial charge in [-0.15, -0.1) is 0 Å². The summed E-state index contributed by atoms with van der Waals surface area (Å²) < 4.78 is 5.87. The predicted molar refractivity (Wildman–Crippen MR) is 92.3 cm³/mol. The summed E-state index contributed by atoms with van der Waals surface area (Å²) in [6.07, 6.45) is 8.78. The molecule has 0 heterocycles. The van der Waals surface area contributed by atoms with Crippen molar-refractivity contribution in [1.29, 1.82) is 0 Å². The van der Waals surface area contributed by atoms with E-state index in [0.29, 0.717) is 18.6 Å². The standard InChI is InChI=1S/C19H25BO4/c21-11-17-18(20(22)23)2-1-3-19(17)24-5-4-16-14-7-12-6-13(9-14)10-15(16)8-12/h1-3,11-16,22-23H,4-10H2. The van der Waals surface area contributed by atoms with E-state index in [9.17, 15) is 14.8 Å². The normalized spacial score (nSPS) is 33.5. The third kappa shape index (κ3) is 2.88. The summed E-state index contributed by atoms with van der Waals surface area (Å²) in [7, 11) is -1.65. The zero-order valence-electron chi connectivity index (χ0n) is 13.9. The van der Waals surface area contributed by atoms with Crippen LogP contribution in [-0.4, -0.2) is 30.1 Å². The largest absolute Gasteiger partial charge is 0.493 e. The van der Waals surface area contributed by atoms with E-state index in [1.807, 2.05) is 0 Å². The van der Waals surface area contributed by atoms with Gasteiger partial charge in [0, 0.05) is 0 Å². The first-order valence-electron chi connectivity index (χ1n) is 9.22. The molecule has 4 fully saturated rings. The topological polar surface area (TPSA) is 66.8 Å². The second-order valence-electron chi connectivity index (χ2n) is 7.98. The Balaban J connectivity index is 1.40. The Morgan fingerprint density at radius 2 is 1.75 bits per heavy atom. The molecule has 128 valence electrons. The van der Waals surface area contributed by atoms with Gasteiger partial charge in [0.1, 0.15) is 5.75 Å². The number of rotatable bonds is 6. The first-order chi connectivity index (χ1) is 11.7. The van der Waals surface area contributed by atoms with Gasteiger partial charge in [0.15, 0.2) is 6.29 Å². The van der Waals surface area contributed by atoms with E-state index in [2.05, 4.69) is 0 Å². The third-order valence-corrected chi connectivity index (χ3v) is 6.63. The van der Waals surface area contributed by atoms with Gasteiger partial charge >= 0.3 is 7.12 Å². The summed E-state index contributed by atoms with van der Waals surface area (Å²) >= 11 is 0. The van der Waals surface area contributed by atoms with Gasteiger partial charge in [0.05, 0.1) is 12.2 Å². The van der Waals surface area contributed by atoms with Crippen LogP contribution in [0.3, 0.4) is 0 Å². The molecule has 5 heteroatoms. The molecule has 5 rings (SSSR count). The highest BCUT2D eigenvalue weighted by atomic mass is 16.5. The summed E-state index contributed by atoms with van der Waals surface area (Å²) in [5.41, 5.74) is 0.453. The van der Waals surface area contributed by atoms with Gasteiger partial charge in [-0.3, -0.25) is 4.79 Å². The summed E-state index contributed by atoms with van der Waals surface area (Å²) in [6.45, 7) is 0.596. The van der Waals surface area contributed by atoms with Crippen LogP contribution in [0.2, 0.25) is 0 Å². The molecule has 0 atom stereocenters. The lowest BCUT2D eigenvalue weighted by atomic mass is 9.51. The zero-order chi connectivity index (χ0) is 16.7. The molecule has 0 unspecified atom stereocenters. The van der Waals surface area contributed by atoms with Crippen molar-refractivity contribution in [3.8, 4) is 5.75 Å². The minimum absolute atomic E-state index is 0.206. The number of hydrogen-bond donors (Lipinski definition) is 2. The summed E-state index contributed by atoms with van der Waals surface area (Å²) in [5, 5.41) is 18.7. The van der Waals surface area contributed by atoms with Crippen LogP contribution in [0.1, 0.15) is 48.9 Å². The van der Waals surface area contributed by atoms with Gasteiger partial charge in [0.2, 0.25) is 0 Å². The molecular formula is C19H25BO4. The van der Waals surface area contributed by atoms with Crippen LogP contribution in [0.4, 0.5) is 0 Å². The monoisotopic (exact) mass is 328 g/mol. The van der Waals surface area contributed by atoms with Gasteiger partial charge in [0.25, 0.3) is 0 Å². The van der Waals surface area contributed by atoms with E-state index in [4.69, 9.17) is 4.74 Å². The lowest BCUT2D eigenvalue weighted by Gasteiger charge is -2.54. The highest BCUT2D eigenvalue weighted by Gasteiger charge is 2.47. The number of hydrogen-bond acceptors (Lipinski definition) is 4. The maximum atomic E-state index is 11.3. The summed E-state index contributed by atoms with van der Waals surface area (Å²) in [5.74, 6) is 4.94. The molecule has 0 amide bonds. The molecule has 4 aliphatic carbocycles. The molecule has 0 radical (unpaired) electrons. The van der Waals surface area contributed by atoms with E-state index in [0.717, 1.165) is 36.0 Å². The number of aldehydes is 1. The number of carbonyl (C=O) groups excluding carboxylic acids is 1. The van der Waals surface area contributed by atoms with Crippen molar-refractivity contribution in [2.45, 2.75) is 38.5 Å². The van der Waals surface area contributed by atoms with Crippen molar-refractivity contribution in [3.63, 3.8) is 0 Å². The molecular weight excluding hydrogens is 303 g/mol. The average molecular weight is 328 g/mol. The van der Waals surface area contributed by atoms with Gasteiger partial charge < -0.3 is 14.8 Å². The molecule has 0 aliphatic heterocycles. The van der Waals surface area contributed by atoms with Crippen molar-refractivity contribution < 1.29 is 19.6 Å². The Labute approximate surface area is 143 Å². The first kappa shape index (κ1) is 16.2. The maximum absolute atomic E-state index is 11.3. The number of carbonyl (C=O) groups is 1. The van der Waals surface area contributed by atoms with E-state index in [1.165, 1.54) is 32.1 Å². The number of benzene rings is 1. The van der Waals surface area contributed by atoms with Gasteiger partial charge in [-0.25, -0.2) is 0 Å². The van der Waals surface area contributed by atoms with Crippen molar-refractivity contribution in [2.24, 2.45) is 29.6 Å². The minimum Gasteiger partial charge on any atom is -0.493 e. The fraction of sp³-hybridized carbons (Fsp3) is 0.632. The molecule has 1 aromatic carbocycles. The second kappa shape index (κ2) is 6.53. The molecule has 0 aromatic heterocycles. The summed E-state index contributed by atoms with van der Waals surface area (Å²) in [6, 6.07) is 4.96. The molecule has 2 N–H and O–H groups in total. The lowest BCUT2D eigenvalue weighted by molar-refractivity contribution is -0.0436. The Hall–Kier alpha value is -1.33. The fourth-order valence-corrected chi connectivity index (χ4v) is 5.85. The molecule has 0 saturated heterocycles. The molecule has 4 nitrogen and oxygen atoms in total. The number of ether oxygens (including phenoxy) is 1. The Morgan fingerprint density at radius 1 is 1.08 bits per heavy atom. The van der Waals surface area contributed by atoms with Crippen molar-refractivity contribution >= 4 is 18.9 Å². The highest BCUT2D eigenvalue weighted by molar-refractivity contribution is 6.60. The van der Waals surface area contributed by atoms with Crippen LogP contribution < -0.4 is 10.2 Å². The van der Waals surface area contributed by atoms with E-state index < -0.39 is 7.12 Å². The predicted octanol–water partition coefficient (Wildman–Crippen LogP) is 2.02. The van der Waals surface area contributed by atoms with Crippen LogP contribution >= 0.6 is 0 Å². The Bertz CT molecular complexity index is 587. The minimum atomic E-state index is -1.65. The third-order valence-electron chi connectivity index (χ3n) is 6.63. The zero-order valence-corrected chi connectivity index (χ0v) is 13.9. The van der Waals surface area contributed by atoms with Gasteiger partial charge in [-0.2, -0.15) is 0 Å². The van der Waals surface area contributed by atoms with Crippen LogP contribution in [0, 0.1) is 29.6 Å². The van der Waals surface area contributed by atoms with Gasteiger partial charge in [-0.1, -0.05) is 12.1 Å². The smallest absolute Gasteiger partial charge is 0.489 e. The van der Waals surface area contributed by atoms with Crippen LogP contribution in [0.25, 0.3) is 0 Å². The second-order valence-corrected chi connectivity index (χ2v) is 7.98. The quantitative estimate of drug-likeness (QED) is 0.619. The van der Waals surface area contributed by atoms with Crippen molar-refractivity contribution in [1.82, 2.24) is 0 Å². The molecule has 24 heavy (non-hydrogen) atoms. The molecule has 0 spiro atoms. The lowest BCUT2D eigenvalue weighted by Crippen LogP contribution is -2.45. The fourth-order valence-electron chi connectivity index (χ4n) is 5.85. The van der Waals surface area contributed by atoms with Crippen molar-refractivity contribution in [2.75, 3.05) is 6.61 Å². The van der Waals surface area contributed by atoms with E-state index >= 15 is 0 Å². The van der Waals surface area contributed by atoms with E-state index in [1.54, 1.807) is 18.2 Å². The average Bonchev–Trinajstić information content (AvgIpc) is 2.56. The Morgan fingerprint density at radius 3 is 2.33 bits per heavy atom. The Kier molecular flexibility index (Phi) is 4.40. The van der Waals surface area contributed by atoms with Crippen LogP contribution in [0.5, 0.6) is 5.75 Å². The van der Waals surface area contributed by atoms with Crippen LogP contribution in [-0.2, 0) is 0 Å². The maximum Gasteiger partial charge on any atom is 0.489 e.